The van der Waals surface area contributed by atoms with Crippen LogP contribution in [0.1, 0.15) is 11.6 Å². The minimum atomic E-state index is -0.425. The van der Waals surface area contributed by atoms with E-state index in [1.807, 2.05) is 30.5 Å². The molecule has 0 saturated heterocycles. The Hall–Kier alpha value is -3.99. The molecule has 33 heavy (non-hydrogen) atoms. The van der Waals surface area contributed by atoms with Crippen LogP contribution in [-0.2, 0) is 6.54 Å². The molecular formula is C22H18FN7O2S. The minimum Gasteiger partial charge on any atom is -0.337 e. The molecule has 2 aromatic carbocycles. The summed E-state index contributed by atoms with van der Waals surface area (Å²) < 4.78 is 21.2. The van der Waals surface area contributed by atoms with E-state index in [4.69, 9.17) is 4.52 Å². The van der Waals surface area contributed by atoms with Crippen molar-refractivity contribution in [2.45, 2.75) is 18.4 Å². The molecule has 0 spiro atoms. The number of fused-ring (bicyclic) bond motifs is 1. The predicted molar refractivity (Wildman–Crippen MR) is 122 cm³/mol. The van der Waals surface area contributed by atoms with E-state index >= 15 is 0 Å². The van der Waals surface area contributed by atoms with Gasteiger partial charge in [-0.25, -0.2) is 23.3 Å². The number of thioether (sulfide) groups is 1. The summed E-state index contributed by atoms with van der Waals surface area (Å²) in [6, 6.07) is 15.3. The molecule has 0 bridgehead atoms. The van der Waals surface area contributed by atoms with Crippen LogP contribution in [-0.4, -0.2) is 35.6 Å². The molecule has 0 unspecified atom stereocenters. The zero-order chi connectivity index (χ0) is 22.9. The highest BCUT2D eigenvalue weighted by Crippen LogP contribution is 2.21. The van der Waals surface area contributed by atoms with Crippen molar-refractivity contribution in [3.8, 4) is 11.4 Å². The Bertz CT molecular complexity index is 1490. The zero-order valence-electron chi connectivity index (χ0n) is 17.7. The molecule has 0 saturated carbocycles. The van der Waals surface area contributed by atoms with Crippen LogP contribution < -0.4 is 11.0 Å². The van der Waals surface area contributed by atoms with Gasteiger partial charge in [-0.3, -0.25) is 0 Å². The van der Waals surface area contributed by atoms with E-state index in [1.165, 1.54) is 21.2 Å². The smallest absolute Gasteiger partial charge is 0.337 e. The van der Waals surface area contributed by atoms with Crippen LogP contribution in [0.15, 0.2) is 68.8 Å². The lowest BCUT2D eigenvalue weighted by atomic mass is 10.2. The third-order valence-electron chi connectivity index (χ3n) is 4.90. The Labute approximate surface area is 191 Å². The van der Waals surface area contributed by atoms with Crippen LogP contribution in [0, 0.1) is 12.7 Å². The summed E-state index contributed by atoms with van der Waals surface area (Å²) in [6.45, 7) is 1.80. The first kappa shape index (κ1) is 20.9. The molecule has 5 rings (SSSR count). The number of hydrogen-bond donors (Lipinski definition) is 1. The van der Waals surface area contributed by atoms with Gasteiger partial charge >= 0.3 is 5.69 Å². The van der Waals surface area contributed by atoms with Gasteiger partial charge in [0.15, 0.2) is 5.65 Å². The second kappa shape index (κ2) is 8.51. The fraction of sp³-hybridized carbons (Fsp3) is 0.136. The Morgan fingerprint density at radius 2 is 1.85 bits per heavy atom. The molecule has 0 aliphatic rings. The van der Waals surface area contributed by atoms with Crippen LogP contribution >= 0.6 is 11.8 Å². The van der Waals surface area contributed by atoms with Gasteiger partial charge in [-0.1, -0.05) is 5.16 Å². The lowest BCUT2D eigenvalue weighted by Crippen LogP contribution is -2.23. The monoisotopic (exact) mass is 463 g/mol. The van der Waals surface area contributed by atoms with E-state index < -0.39 is 5.69 Å². The van der Waals surface area contributed by atoms with Gasteiger partial charge in [0, 0.05) is 27.9 Å². The molecule has 0 radical (unpaired) electrons. The molecule has 0 aliphatic carbocycles. The average molecular weight is 463 g/mol. The van der Waals surface area contributed by atoms with Crippen LogP contribution in [0.25, 0.3) is 17.0 Å². The number of nitrogens with zero attached hydrogens (tertiary/aromatic N) is 6. The molecule has 3 aromatic heterocycles. The fourth-order valence-corrected chi connectivity index (χ4v) is 3.72. The van der Waals surface area contributed by atoms with Gasteiger partial charge in [0.1, 0.15) is 12.4 Å². The van der Waals surface area contributed by atoms with E-state index in [-0.39, 0.29) is 24.2 Å². The molecule has 9 nitrogen and oxygen atoms in total. The second-order valence-corrected chi connectivity index (χ2v) is 8.11. The molecular weight excluding hydrogens is 445 g/mol. The first-order valence-electron chi connectivity index (χ1n) is 9.97. The Morgan fingerprint density at radius 1 is 1.09 bits per heavy atom. The van der Waals surface area contributed by atoms with Crippen molar-refractivity contribution in [3.05, 3.63) is 82.5 Å². The van der Waals surface area contributed by atoms with Crippen LogP contribution in [0.4, 0.5) is 16.0 Å². The van der Waals surface area contributed by atoms with Crippen LogP contribution in [0.5, 0.6) is 0 Å². The standard InChI is InChI=1S/C22H18FN7O2S/c1-13-11-18-27-29(12-19-26-20(28-32-19)14-3-9-17(33-2)10-4-14)22(31)30(18)21(24-13)25-16-7-5-15(23)6-8-16/h3-11H,12H2,1-2H3,(H,24,25). The van der Waals surface area contributed by atoms with Crippen molar-refractivity contribution in [1.29, 1.82) is 0 Å². The highest BCUT2D eigenvalue weighted by Gasteiger charge is 2.16. The largest absolute Gasteiger partial charge is 0.353 e. The molecule has 0 fully saturated rings. The number of nitrogens with one attached hydrogen (secondary N) is 1. The first-order valence-corrected chi connectivity index (χ1v) is 11.2. The number of aromatic nitrogens is 6. The van der Waals surface area contributed by atoms with Gasteiger partial charge in [0.2, 0.25) is 17.7 Å². The van der Waals surface area contributed by atoms with Gasteiger partial charge in [0.05, 0.1) is 0 Å². The van der Waals surface area contributed by atoms with Gasteiger partial charge in [-0.2, -0.15) is 4.98 Å². The van der Waals surface area contributed by atoms with Crippen LogP contribution in [0.3, 0.4) is 0 Å². The van der Waals surface area contributed by atoms with Crippen molar-refractivity contribution in [1.82, 2.24) is 29.3 Å². The van der Waals surface area contributed by atoms with E-state index in [0.717, 1.165) is 10.5 Å². The summed E-state index contributed by atoms with van der Waals surface area (Å²) in [5.41, 5.74) is 2.05. The van der Waals surface area contributed by atoms with Crippen LogP contribution in [0.2, 0.25) is 0 Å². The number of halogens is 1. The first-order chi connectivity index (χ1) is 16.0. The van der Waals surface area contributed by atoms with E-state index in [2.05, 4.69) is 25.5 Å². The summed E-state index contributed by atoms with van der Waals surface area (Å²) in [5.74, 6) is 0.604. The Balaban J connectivity index is 1.46. The summed E-state index contributed by atoms with van der Waals surface area (Å²) in [7, 11) is 0. The molecule has 5 aromatic rings. The summed E-state index contributed by atoms with van der Waals surface area (Å²) >= 11 is 1.65. The van der Waals surface area contributed by atoms with Crippen molar-refractivity contribution < 1.29 is 8.91 Å². The highest BCUT2D eigenvalue weighted by molar-refractivity contribution is 7.98. The van der Waals surface area contributed by atoms with Gasteiger partial charge in [-0.05, 0) is 61.7 Å². The zero-order valence-corrected chi connectivity index (χ0v) is 18.5. The number of hydrogen-bond acceptors (Lipinski definition) is 8. The molecule has 0 amide bonds. The third-order valence-corrected chi connectivity index (χ3v) is 5.64. The molecule has 1 N–H and O–H groups in total. The maximum Gasteiger partial charge on any atom is 0.353 e. The van der Waals surface area contributed by atoms with E-state index in [9.17, 15) is 9.18 Å². The summed E-state index contributed by atoms with van der Waals surface area (Å²) in [4.78, 5) is 23.0. The highest BCUT2D eigenvalue weighted by atomic mass is 32.2. The van der Waals surface area contributed by atoms with Crippen molar-refractivity contribution >= 4 is 29.0 Å². The number of anilines is 2. The number of rotatable bonds is 6. The Kier molecular flexibility index (Phi) is 5.38. The van der Waals surface area contributed by atoms with E-state index in [0.29, 0.717) is 22.9 Å². The van der Waals surface area contributed by atoms with Crippen molar-refractivity contribution in [2.24, 2.45) is 0 Å². The maximum atomic E-state index is 13.2. The van der Waals surface area contributed by atoms with Crippen molar-refractivity contribution in [2.75, 3.05) is 11.6 Å². The molecule has 11 heteroatoms. The molecule has 166 valence electrons. The maximum absolute atomic E-state index is 13.2. The third kappa shape index (κ3) is 4.22. The molecule has 3 heterocycles. The number of benzene rings is 2. The van der Waals surface area contributed by atoms with Gasteiger partial charge in [-0.15, -0.1) is 16.9 Å². The summed E-state index contributed by atoms with van der Waals surface area (Å²) in [6.07, 6.45) is 2.01. The topological polar surface area (TPSA) is 103 Å². The molecule has 0 aliphatic heterocycles. The van der Waals surface area contributed by atoms with Gasteiger partial charge < -0.3 is 9.84 Å². The summed E-state index contributed by atoms with van der Waals surface area (Å²) in [5, 5.41) is 11.5. The fourth-order valence-electron chi connectivity index (χ4n) is 3.31. The van der Waals surface area contributed by atoms with E-state index in [1.54, 1.807) is 36.9 Å². The molecule has 0 atom stereocenters. The normalized spacial score (nSPS) is 11.2. The predicted octanol–water partition coefficient (Wildman–Crippen LogP) is 3.90. The quantitative estimate of drug-likeness (QED) is 0.378. The average Bonchev–Trinajstić information content (AvgIpc) is 3.40. The van der Waals surface area contributed by atoms with Crippen molar-refractivity contribution in [3.63, 3.8) is 0 Å². The lowest BCUT2D eigenvalue weighted by Gasteiger charge is -2.07. The number of aryl methyl sites for hydroxylation is 1. The second-order valence-electron chi connectivity index (χ2n) is 7.23. The SMILES string of the molecule is CSc1ccc(-c2noc(Cn3nc4cc(C)nc(Nc5ccc(F)cc5)n4c3=O)n2)cc1. The minimum absolute atomic E-state index is 0.00540. The van der Waals surface area contributed by atoms with Gasteiger partial charge in [0.25, 0.3) is 0 Å². The lowest BCUT2D eigenvalue weighted by molar-refractivity contribution is 0.364. The Morgan fingerprint density at radius 3 is 2.58 bits per heavy atom.